The lowest BCUT2D eigenvalue weighted by Crippen LogP contribution is -2.13. The maximum absolute atomic E-state index is 12.3. The smallest absolute Gasteiger partial charge is 0.307 e. The molecule has 0 N–H and O–H groups in total. The third-order valence-corrected chi connectivity index (χ3v) is 5.96. The Hall–Kier alpha value is -2.66. The summed E-state index contributed by atoms with van der Waals surface area (Å²) in [4.78, 5) is 12.2. The average molecular weight is 368 g/mol. The molecule has 3 rings (SSSR count). The quantitative estimate of drug-likeness (QED) is 0.616. The maximum Gasteiger partial charge on any atom is 0.307 e. The van der Waals surface area contributed by atoms with Gasteiger partial charge in [0.15, 0.2) is 9.84 Å². The van der Waals surface area contributed by atoms with E-state index >= 15 is 0 Å². The summed E-state index contributed by atoms with van der Waals surface area (Å²) in [6.45, 7) is 2.02. The first-order chi connectivity index (χ1) is 12.5. The van der Waals surface area contributed by atoms with Crippen molar-refractivity contribution in [1.29, 1.82) is 0 Å². The van der Waals surface area contributed by atoms with Crippen LogP contribution in [0.15, 0.2) is 71.6 Å². The molecule has 3 aromatic carbocycles. The summed E-state index contributed by atoms with van der Waals surface area (Å²) >= 11 is 0. The lowest BCUT2D eigenvalue weighted by Gasteiger charge is -2.09. The minimum atomic E-state index is -3.49. The van der Waals surface area contributed by atoms with Gasteiger partial charge in [0.25, 0.3) is 0 Å². The predicted molar refractivity (Wildman–Crippen MR) is 102 cm³/mol. The van der Waals surface area contributed by atoms with Crippen molar-refractivity contribution in [2.45, 2.75) is 24.8 Å². The highest BCUT2D eigenvalue weighted by Crippen LogP contribution is 2.19. The first-order valence-corrected chi connectivity index (χ1v) is 10.0. The Morgan fingerprint density at radius 1 is 0.923 bits per heavy atom. The molecule has 26 heavy (non-hydrogen) atoms. The highest BCUT2D eigenvalue weighted by atomic mass is 32.2. The van der Waals surface area contributed by atoms with Crippen molar-refractivity contribution in [1.82, 2.24) is 0 Å². The Kier molecular flexibility index (Phi) is 5.38. The van der Waals surface area contributed by atoms with Crippen LogP contribution in [0, 0.1) is 6.92 Å². The SMILES string of the molecule is Cc1ccc(S(=O)(=O)CCC(=O)OCc2cccc3ccccc23)cc1. The summed E-state index contributed by atoms with van der Waals surface area (Å²) in [5.41, 5.74) is 1.89. The van der Waals surface area contributed by atoms with E-state index in [4.69, 9.17) is 4.74 Å². The molecule has 0 aliphatic heterocycles. The van der Waals surface area contributed by atoms with Crippen LogP contribution in [0.2, 0.25) is 0 Å². The molecule has 3 aromatic rings. The van der Waals surface area contributed by atoms with Crippen LogP contribution < -0.4 is 0 Å². The number of hydrogen-bond donors (Lipinski definition) is 0. The van der Waals surface area contributed by atoms with Crippen molar-refractivity contribution in [3.63, 3.8) is 0 Å². The molecular formula is C21H20O4S. The molecule has 0 heterocycles. The number of carbonyl (C=O) groups is 1. The molecule has 0 amide bonds. The Morgan fingerprint density at radius 2 is 1.62 bits per heavy atom. The standard InChI is InChI=1S/C21H20O4S/c1-16-9-11-19(12-10-16)26(23,24)14-13-21(22)25-15-18-7-4-6-17-5-2-3-8-20(17)18/h2-12H,13-15H2,1H3. The molecule has 0 fully saturated rings. The second kappa shape index (κ2) is 7.70. The third kappa shape index (κ3) is 4.29. The van der Waals surface area contributed by atoms with Gasteiger partial charge in [-0.25, -0.2) is 8.42 Å². The molecule has 0 aliphatic rings. The number of esters is 1. The van der Waals surface area contributed by atoms with Gasteiger partial charge in [-0.15, -0.1) is 0 Å². The lowest BCUT2D eigenvalue weighted by atomic mass is 10.1. The van der Waals surface area contributed by atoms with E-state index in [9.17, 15) is 13.2 Å². The van der Waals surface area contributed by atoms with E-state index in [0.29, 0.717) is 0 Å². The fourth-order valence-corrected chi connectivity index (χ4v) is 3.95. The van der Waals surface area contributed by atoms with E-state index in [0.717, 1.165) is 21.9 Å². The van der Waals surface area contributed by atoms with Gasteiger partial charge in [0.05, 0.1) is 17.1 Å². The average Bonchev–Trinajstić information content (AvgIpc) is 2.65. The van der Waals surface area contributed by atoms with Crippen molar-refractivity contribution < 1.29 is 17.9 Å². The van der Waals surface area contributed by atoms with Crippen LogP contribution in [-0.2, 0) is 26.0 Å². The minimum Gasteiger partial charge on any atom is -0.461 e. The van der Waals surface area contributed by atoms with Gasteiger partial charge in [0.1, 0.15) is 6.61 Å². The van der Waals surface area contributed by atoms with Crippen LogP contribution in [0.3, 0.4) is 0 Å². The van der Waals surface area contributed by atoms with Gasteiger partial charge in [-0.2, -0.15) is 0 Å². The molecule has 0 unspecified atom stereocenters. The molecule has 4 nitrogen and oxygen atoms in total. The van der Waals surface area contributed by atoms with Crippen LogP contribution >= 0.6 is 0 Å². The zero-order valence-corrected chi connectivity index (χ0v) is 15.3. The van der Waals surface area contributed by atoms with Crippen LogP contribution in [0.4, 0.5) is 0 Å². The molecule has 0 saturated carbocycles. The first kappa shape index (κ1) is 18.1. The number of benzene rings is 3. The van der Waals surface area contributed by atoms with Crippen molar-refractivity contribution in [3.05, 3.63) is 77.9 Å². The lowest BCUT2D eigenvalue weighted by molar-refractivity contribution is -0.144. The number of sulfone groups is 1. The summed E-state index contributed by atoms with van der Waals surface area (Å²) in [6, 6.07) is 20.3. The van der Waals surface area contributed by atoms with Crippen molar-refractivity contribution in [2.24, 2.45) is 0 Å². The second-order valence-electron chi connectivity index (χ2n) is 6.18. The number of aryl methyl sites for hydroxylation is 1. The molecule has 0 aliphatic carbocycles. The van der Waals surface area contributed by atoms with Gasteiger partial charge < -0.3 is 4.74 Å². The normalized spacial score (nSPS) is 11.4. The number of rotatable bonds is 6. The summed E-state index contributed by atoms with van der Waals surface area (Å²) in [5, 5.41) is 2.10. The van der Waals surface area contributed by atoms with Crippen LogP contribution in [0.5, 0.6) is 0 Å². The van der Waals surface area contributed by atoms with Gasteiger partial charge in [-0.05, 0) is 35.4 Å². The molecule has 134 valence electrons. The minimum absolute atomic E-state index is 0.130. The summed E-state index contributed by atoms with van der Waals surface area (Å²) in [7, 11) is -3.49. The van der Waals surface area contributed by atoms with Crippen molar-refractivity contribution >= 4 is 26.6 Å². The molecule has 0 radical (unpaired) electrons. The van der Waals surface area contributed by atoms with Gasteiger partial charge in [0.2, 0.25) is 0 Å². The number of fused-ring (bicyclic) bond motifs is 1. The van der Waals surface area contributed by atoms with E-state index in [1.807, 2.05) is 49.4 Å². The highest BCUT2D eigenvalue weighted by molar-refractivity contribution is 7.91. The summed E-state index contributed by atoms with van der Waals surface area (Å²) < 4.78 is 29.9. The van der Waals surface area contributed by atoms with Crippen molar-refractivity contribution in [2.75, 3.05) is 5.75 Å². The largest absolute Gasteiger partial charge is 0.461 e. The van der Waals surface area contributed by atoms with Crippen molar-refractivity contribution in [3.8, 4) is 0 Å². The predicted octanol–water partition coefficient (Wildman–Crippen LogP) is 4.06. The zero-order valence-electron chi connectivity index (χ0n) is 14.5. The topological polar surface area (TPSA) is 60.4 Å². The van der Waals surface area contributed by atoms with Gasteiger partial charge in [-0.1, -0.05) is 60.2 Å². The first-order valence-electron chi connectivity index (χ1n) is 8.37. The molecule has 0 bridgehead atoms. The van der Waals surface area contributed by atoms with E-state index in [1.54, 1.807) is 24.3 Å². The van der Waals surface area contributed by atoms with E-state index in [-0.39, 0.29) is 23.7 Å². The number of ether oxygens (including phenoxy) is 1. The third-order valence-electron chi connectivity index (χ3n) is 4.22. The molecule has 0 aromatic heterocycles. The van der Waals surface area contributed by atoms with E-state index in [1.165, 1.54) is 0 Å². The number of hydrogen-bond acceptors (Lipinski definition) is 4. The maximum atomic E-state index is 12.3. The highest BCUT2D eigenvalue weighted by Gasteiger charge is 2.17. The fourth-order valence-electron chi connectivity index (χ4n) is 2.73. The molecule has 0 saturated heterocycles. The van der Waals surface area contributed by atoms with Gasteiger partial charge in [-0.3, -0.25) is 4.79 Å². The monoisotopic (exact) mass is 368 g/mol. The molecule has 5 heteroatoms. The molecule has 0 spiro atoms. The Labute approximate surface area is 153 Å². The van der Waals surface area contributed by atoms with Gasteiger partial charge in [0, 0.05) is 0 Å². The molecule has 0 atom stereocenters. The Balaban J connectivity index is 1.60. The second-order valence-corrected chi connectivity index (χ2v) is 8.29. The molecular weight excluding hydrogens is 348 g/mol. The van der Waals surface area contributed by atoms with Crippen LogP contribution in [0.1, 0.15) is 17.5 Å². The van der Waals surface area contributed by atoms with Gasteiger partial charge >= 0.3 is 5.97 Å². The fraction of sp³-hybridized carbons (Fsp3) is 0.190. The Bertz CT molecular complexity index is 1020. The van der Waals surface area contributed by atoms with E-state index < -0.39 is 15.8 Å². The Morgan fingerprint density at radius 3 is 2.38 bits per heavy atom. The van der Waals surface area contributed by atoms with E-state index in [2.05, 4.69) is 0 Å². The van der Waals surface area contributed by atoms with Crippen LogP contribution in [-0.4, -0.2) is 20.1 Å². The summed E-state index contributed by atoms with van der Waals surface area (Å²) in [5.74, 6) is -0.779. The zero-order chi connectivity index (χ0) is 18.6. The van der Waals surface area contributed by atoms with Crippen LogP contribution in [0.25, 0.3) is 10.8 Å². The summed E-state index contributed by atoms with van der Waals surface area (Å²) in [6.07, 6.45) is -0.166. The number of carbonyl (C=O) groups excluding carboxylic acids is 1.